The van der Waals surface area contributed by atoms with E-state index in [1.54, 1.807) is 26.8 Å². The number of benzene rings is 2. The molecular formula is C25H29N3O6. The van der Waals surface area contributed by atoms with Gasteiger partial charge in [-0.1, -0.05) is 13.0 Å². The van der Waals surface area contributed by atoms with E-state index >= 15 is 0 Å². The molecule has 34 heavy (non-hydrogen) atoms. The summed E-state index contributed by atoms with van der Waals surface area (Å²) in [5.41, 5.74) is 7.40. The smallest absolute Gasteiger partial charge is 0.339 e. The number of carbonyl (C=O) groups is 2. The average Bonchev–Trinajstić information content (AvgIpc) is 2.76. The first-order valence-corrected chi connectivity index (χ1v) is 10.8. The van der Waals surface area contributed by atoms with Crippen molar-refractivity contribution >= 4 is 28.5 Å². The number of ether oxygens (including phenoxy) is 2. The predicted octanol–water partition coefficient (Wildman–Crippen LogP) is 3.69. The monoisotopic (exact) mass is 467 g/mol. The first-order chi connectivity index (χ1) is 16.0. The number of hydrogen-bond donors (Lipinski definition) is 4. The Bertz CT molecular complexity index is 1270. The number of carboxylic acid groups (broad SMARTS) is 1. The van der Waals surface area contributed by atoms with Crippen molar-refractivity contribution in [2.24, 2.45) is 0 Å². The lowest BCUT2D eigenvalue weighted by Gasteiger charge is -2.28. The molecule has 5 N–H and O–H groups in total. The van der Waals surface area contributed by atoms with Gasteiger partial charge in [0.25, 0.3) is 5.91 Å². The summed E-state index contributed by atoms with van der Waals surface area (Å²) in [5.74, 6) is -0.869. The second kappa shape index (κ2) is 9.46. The fourth-order valence-electron chi connectivity index (χ4n) is 3.74. The topological polar surface area (TPSA) is 144 Å². The number of carboxylic acids is 1. The van der Waals surface area contributed by atoms with Crippen LogP contribution in [-0.2, 0) is 6.42 Å². The van der Waals surface area contributed by atoms with Crippen LogP contribution in [0.3, 0.4) is 0 Å². The molecule has 3 aromatic rings. The van der Waals surface area contributed by atoms with Crippen LogP contribution in [0.25, 0.3) is 10.9 Å². The Morgan fingerprint density at radius 1 is 1.21 bits per heavy atom. The third-order valence-corrected chi connectivity index (χ3v) is 5.42. The van der Waals surface area contributed by atoms with E-state index in [0.29, 0.717) is 34.5 Å². The summed E-state index contributed by atoms with van der Waals surface area (Å²) < 4.78 is 11.3. The van der Waals surface area contributed by atoms with Crippen molar-refractivity contribution in [3.8, 4) is 17.2 Å². The van der Waals surface area contributed by atoms with Gasteiger partial charge in [-0.15, -0.1) is 0 Å². The lowest BCUT2D eigenvalue weighted by molar-refractivity contribution is 0.0696. The molecule has 0 saturated carbocycles. The molecule has 0 fully saturated rings. The Labute approximate surface area is 197 Å². The summed E-state index contributed by atoms with van der Waals surface area (Å²) >= 11 is 0. The number of nitrogens with zero attached hydrogens (tertiary/aromatic N) is 1. The molecule has 9 heteroatoms. The number of carbonyl (C=O) groups excluding carboxylic acids is 1. The normalized spacial score (nSPS) is 11.3. The molecule has 0 saturated heterocycles. The third kappa shape index (κ3) is 4.98. The summed E-state index contributed by atoms with van der Waals surface area (Å²) in [6.07, 6.45) is 0.622. The molecule has 9 nitrogen and oxygen atoms in total. The van der Waals surface area contributed by atoms with Crippen molar-refractivity contribution in [3.05, 3.63) is 52.7 Å². The van der Waals surface area contributed by atoms with Gasteiger partial charge < -0.3 is 30.7 Å². The van der Waals surface area contributed by atoms with Crippen LogP contribution in [0.5, 0.6) is 17.2 Å². The van der Waals surface area contributed by atoms with Crippen molar-refractivity contribution in [2.45, 2.75) is 39.7 Å². The van der Waals surface area contributed by atoms with Crippen LogP contribution in [0.4, 0.5) is 5.69 Å². The van der Waals surface area contributed by atoms with Gasteiger partial charge in [-0.3, -0.25) is 9.78 Å². The number of anilines is 1. The quantitative estimate of drug-likeness (QED) is 0.393. The lowest BCUT2D eigenvalue weighted by Crippen LogP contribution is -2.47. The number of aromatic hydroxyl groups is 1. The molecule has 0 atom stereocenters. The molecule has 0 aliphatic carbocycles. The molecule has 0 spiro atoms. The minimum Gasteiger partial charge on any atom is -0.508 e. The summed E-state index contributed by atoms with van der Waals surface area (Å²) in [5, 5.41) is 22.8. The van der Waals surface area contributed by atoms with Gasteiger partial charge in [0.2, 0.25) is 0 Å². The average molecular weight is 468 g/mol. The van der Waals surface area contributed by atoms with Crippen molar-refractivity contribution in [1.82, 2.24) is 10.3 Å². The van der Waals surface area contributed by atoms with E-state index in [-0.39, 0.29) is 29.2 Å². The number of aromatic nitrogens is 1. The number of aromatic carboxylic acids is 1. The molecule has 0 aliphatic rings. The number of rotatable bonds is 8. The van der Waals surface area contributed by atoms with E-state index in [4.69, 9.17) is 15.2 Å². The fraction of sp³-hybridized carbons (Fsp3) is 0.320. The maximum absolute atomic E-state index is 12.8. The SMILES string of the molecule is CCc1ccc2nc(C)c(C(=O)O)c(N)c2c1OCC(C)(C)NC(=O)c1cc(O)cc(OC)c1. The zero-order valence-corrected chi connectivity index (χ0v) is 19.9. The van der Waals surface area contributed by atoms with Gasteiger partial charge in [-0.25, -0.2) is 4.79 Å². The Hall–Kier alpha value is -4.01. The van der Waals surface area contributed by atoms with Gasteiger partial charge in [0.1, 0.15) is 29.4 Å². The molecule has 1 amide bonds. The number of hydrogen-bond acceptors (Lipinski definition) is 7. The number of nitrogen functional groups attached to an aromatic ring is 1. The Kier molecular flexibility index (Phi) is 6.85. The highest BCUT2D eigenvalue weighted by Gasteiger charge is 2.26. The molecule has 0 radical (unpaired) electrons. The van der Waals surface area contributed by atoms with E-state index in [1.165, 1.54) is 25.3 Å². The largest absolute Gasteiger partial charge is 0.508 e. The highest BCUT2D eigenvalue weighted by molar-refractivity contribution is 6.07. The molecule has 0 aliphatic heterocycles. The van der Waals surface area contributed by atoms with Crippen LogP contribution in [0.15, 0.2) is 30.3 Å². The van der Waals surface area contributed by atoms with Crippen molar-refractivity contribution in [1.29, 1.82) is 0 Å². The van der Waals surface area contributed by atoms with Crippen LogP contribution in [0.2, 0.25) is 0 Å². The fourth-order valence-corrected chi connectivity index (χ4v) is 3.74. The molecule has 0 unspecified atom stereocenters. The number of amides is 1. The molecule has 1 aromatic heterocycles. The Balaban J connectivity index is 1.93. The highest BCUT2D eigenvalue weighted by atomic mass is 16.5. The van der Waals surface area contributed by atoms with Crippen LogP contribution in [0.1, 0.15) is 52.7 Å². The van der Waals surface area contributed by atoms with E-state index in [1.807, 2.05) is 13.0 Å². The number of methoxy groups -OCH3 is 1. The van der Waals surface area contributed by atoms with Gasteiger partial charge in [0, 0.05) is 11.6 Å². The van der Waals surface area contributed by atoms with Crippen molar-refractivity contribution < 1.29 is 29.3 Å². The van der Waals surface area contributed by atoms with Gasteiger partial charge in [-0.05, 0) is 51.0 Å². The number of phenols is 1. The maximum Gasteiger partial charge on any atom is 0.339 e. The lowest BCUT2D eigenvalue weighted by atomic mass is 10.0. The predicted molar refractivity (Wildman–Crippen MR) is 129 cm³/mol. The number of pyridine rings is 1. The minimum absolute atomic E-state index is 0.0593. The molecular weight excluding hydrogens is 438 g/mol. The third-order valence-electron chi connectivity index (χ3n) is 5.42. The maximum atomic E-state index is 12.8. The van der Waals surface area contributed by atoms with E-state index < -0.39 is 17.4 Å². The standard InChI is InChI=1S/C25H29N3O6/c1-6-14-7-8-18-20(21(26)19(24(31)32)13(2)27-18)22(14)34-12-25(3,4)28-23(30)15-9-16(29)11-17(10-15)33-5/h7-11,29H,6,12H2,1-5H3,(H2,26,27)(H,28,30)(H,31,32). The number of phenolic OH excluding ortho intramolecular Hbond substituents is 1. The minimum atomic E-state index is -1.16. The van der Waals surface area contributed by atoms with Gasteiger partial charge >= 0.3 is 5.97 Å². The molecule has 3 rings (SSSR count). The van der Waals surface area contributed by atoms with Crippen molar-refractivity contribution in [3.63, 3.8) is 0 Å². The Morgan fingerprint density at radius 2 is 1.91 bits per heavy atom. The zero-order chi connectivity index (χ0) is 25.2. The number of nitrogens with two attached hydrogens (primary N) is 1. The number of fused-ring (bicyclic) bond motifs is 1. The van der Waals surface area contributed by atoms with Gasteiger partial charge in [-0.2, -0.15) is 0 Å². The summed E-state index contributed by atoms with van der Waals surface area (Å²) in [6.45, 7) is 7.19. The first kappa shape index (κ1) is 24.6. The zero-order valence-electron chi connectivity index (χ0n) is 19.9. The van der Waals surface area contributed by atoms with Gasteiger partial charge in [0.05, 0.1) is 34.9 Å². The Morgan fingerprint density at radius 3 is 2.53 bits per heavy atom. The van der Waals surface area contributed by atoms with Gasteiger partial charge in [0.15, 0.2) is 0 Å². The highest BCUT2D eigenvalue weighted by Crippen LogP contribution is 2.37. The van der Waals surface area contributed by atoms with Crippen molar-refractivity contribution in [2.75, 3.05) is 19.5 Å². The molecule has 180 valence electrons. The van der Waals surface area contributed by atoms with Crippen LogP contribution < -0.4 is 20.5 Å². The molecule has 0 bridgehead atoms. The van der Waals surface area contributed by atoms with Crippen LogP contribution in [-0.4, -0.2) is 46.3 Å². The van der Waals surface area contributed by atoms with E-state index in [2.05, 4.69) is 10.3 Å². The second-order valence-corrected chi connectivity index (χ2v) is 8.64. The number of aryl methyl sites for hydroxylation is 2. The summed E-state index contributed by atoms with van der Waals surface area (Å²) in [4.78, 5) is 29.0. The van der Waals surface area contributed by atoms with Crippen LogP contribution in [0, 0.1) is 6.92 Å². The van der Waals surface area contributed by atoms with E-state index in [9.17, 15) is 19.8 Å². The molecule has 2 aromatic carbocycles. The summed E-state index contributed by atoms with van der Waals surface area (Å²) in [6, 6.07) is 7.93. The van der Waals surface area contributed by atoms with Crippen LogP contribution >= 0.6 is 0 Å². The number of nitrogens with one attached hydrogen (secondary N) is 1. The molecule has 1 heterocycles. The second-order valence-electron chi connectivity index (χ2n) is 8.64. The first-order valence-electron chi connectivity index (χ1n) is 10.8. The summed E-state index contributed by atoms with van der Waals surface area (Å²) in [7, 11) is 1.45. The van der Waals surface area contributed by atoms with E-state index in [0.717, 1.165) is 5.56 Å².